The molecule has 0 fully saturated rings. The van der Waals surface area contributed by atoms with Gasteiger partial charge in [0.25, 0.3) is 0 Å². The minimum atomic E-state index is -5.25. The molecule has 0 aliphatic carbocycles. The van der Waals surface area contributed by atoms with Gasteiger partial charge in [-0.2, -0.15) is 38.1 Å². The zero-order valence-corrected chi connectivity index (χ0v) is 19.5. The van der Waals surface area contributed by atoms with Crippen LogP contribution in [0.4, 0.5) is 26.3 Å². The van der Waals surface area contributed by atoms with Gasteiger partial charge in [0.05, 0.1) is 13.2 Å². The highest BCUT2D eigenvalue weighted by atomic mass is 32.2. The minimum Gasteiger partial charge on any atom is -0.464 e. The van der Waals surface area contributed by atoms with Crippen LogP contribution in [0.25, 0.3) is 0 Å². The van der Waals surface area contributed by atoms with Crippen LogP contribution in [-0.4, -0.2) is 72.9 Å². The summed E-state index contributed by atoms with van der Waals surface area (Å²) in [4.78, 5) is 46.5. The van der Waals surface area contributed by atoms with Crippen LogP contribution in [0.2, 0.25) is 0 Å². The second-order valence-corrected chi connectivity index (χ2v) is 8.10. The highest BCUT2D eigenvalue weighted by molar-refractivity contribution is 7.99. The molecule has 0 saturated carbocycles. The Hall–Kier alpha value is -2.19. The van der Waals surface area contributed by atoms with E-state index in [1.165, 1.54) is 10.6 Å². The summed E-state index contributed by atoms with van der Waals surface area (Å²) in [5.74, 6) is -7.51. The van der Waals surface area contributed by atoms with Crippen molar-refractivity contribution in [3.8, 4) is 0 Å². The first kappa shape index (κ1) is 31.8. The number of halogens is 6. The number of hydrogen-bond donors (Lipinski definition) is 2. The molecule has 2 N–H and O–H groups in total. The Bertz CT molecular complexity index is 619. The van der Waals surface area contributed by atoms with E-state index in [0.29, 0.717) is 25.7 Å². The number of carbonyl (C=O) groups is 4. The van der Waals surface area contributed by atoms with Crippen molar-refractivity contribution < 1.29 is 55.0 Å². The number of amides is 2. The van der Waals surface area contributed by atoms with E-state index in [-0.39, 0.29) is 25.4 Å². The van der Waals surface area contributed by atoms with E-state index in [1.807, 2.05) is 0 Å². The zero-order chi connectivity index (χ0) is 26.4. The van der Waals surface area contributed by atoms with Crippen LogP contribution in [0, 0.1) is 0 Å². The molecule has 0 aromatic carbocycles. The van der Waals surface area contributed by atoms with Gasteiger partial charge in [0.1, 0.15) is 12.1 Å². The Balaban J connectivity index is 5.06. The van der Waals surface area contributed by atoms with Gasteiger partial charge in [-0.3, -0.25) is 9.59 Å². The molecule has 0 aliphatic heterocycles. The smallest absolute Gasteiger partial charge is 0.464 e. The van der Waals surface area contributed by atoms with E-state index in [1.54, 1.807) is 13.8 Å². The van der Waals surface area contributed by atoms with Crippen LogP contribution < -0.4 is 10.6 Å². The highest BCUT2D eigenvalue weighted by Gasteiger charge is 2.42. The monoisotopic (exact) mass is 526 g/mol. The average Bonchev–Trinajstić information content (AvgIpc) is 2.73. The molecule has 15 heteroatoms. The summed E-state index contributed by atoms with van der Waals surface area (Å²) in [5.41, 5.74) is 0. The maximum absolute atomic E-state index is 12.6. The summed E-state index contributed by atoms with van der Waals surface area (Å²) in [6.07, 6.45) is -8.70. The van der Waals surface area contributed by atoms with Crippen LogP contribution in [0.5, 0.6) is 0 Å². The Morgan fingerprint density at radius 2 is 1.18 bits per heavy atom. The maximum atomic E-state index is 12.6. The quantitative estimate of drug-likeness (QED) is 0.192. The molecule has 0 saturated heterocycles. The summed E-state index contributed by atoms with van der Waals surface area (Å²) in [6, 6.07) is -3.35. The van der Waals surface area contributed by atoms with Crippen LogP contribution in [-0.2, 0) is 28.7 Å². The molecule has 1 unspecified atom stereocenters. The number of thioether (sulfide) groups is 1. The first-order valence-corrected chi connectivity index (χ1v) is 11.6. The summed E-state index contributed by atoms with van der Waals surface area (Å²) >= 11 is 0.767. The Labute approximate surface area is 196 Å². The molecule has 0 aromatic heterocycles. The Morgan fingerprint density at radius 1 is 0.765 bits per heavy atom. The molecule has 0 heterocycles. The van der Waals surface area contributed by atoms with E-state index >= 15 is 0 Å². The van der Waals surface area contributed by atoms with Gasteiger partial charge in [-0.15, -0.1) is 0 Å². The molecular weight excluding hydrogens is 498 g/mol. The summed E-state index contributed by atoms with van der Waals surface area (Å²) < 4.78 is 85.0. The molecule has 8 nitrogen and oxygen atoms in total. The van der Waals surface area contributed by atoms with Crippen molar-refractivity contribution >= 4 is 35.5 Å². The van der Waals surface area contributed by atoms with Gasteiger partial charge in [0.15, 0.2) is 0 Å². The Morgan fingerprint density at radius 3 is 1.59 bits per heavy atom. The number of esters is 2. The number of carbonyl (C=O) groups excluding carboxylic acids is 4. The van der Waals surface area contributed by atoms with Crippen molar-refractivity contribution in [3.05, 3.63) is 0 Å². The van der Waals surface area contributed by atoms with Gasteiger partial charge in [0, 0.05) is 5.75 Å². The number of alkyl halides is 6. The van der Waals surface area contributed by atoms with Gasteiger partial charge in [-0.05, 0) is 25.0 Å². The van der Waals surface area contributed by atoms with Crippen molar-refractivity contribution in [3.63, 3.8) is 0 Å². The largest absolute Gasteiger partial charge is 0.471 e. The molecule has 0 spiro atoms. The number of unbranched alkanes of at least 4 members (excludes halogenated alkanes) is 2. The van der Waals surface area contributed by atoms with E-state index in [9.17, 15) is 45.5 Å². The predicted molar refractivity (Wildman–Crippen MR) is 110 cm³/mol. The van der Waals surface area contributed by atoms with E-state index in [4.69, 9.17) is 9.47 Å². The second kappa shape index (κ2) is 15.7. The second-order valence-electron chi connectivity index (χ2n) is 6.95. The van der Waals surface area contributed by atoms with Crippen molar-refractivity contribution in [1.29, 1.82) is 0 Å². The minimum absolute atomic E-state index is 0.0734. The molecule has 0 radical (unpaired) electrons. The third kappa shape index (κ3) is 13.5. The number of hydrogen-bond acceptors (Lipinski definition) is 7. The molecule has 198 valence electrons. The van der Waals surface area contributed by atoms with Gasteiger partial charge in [-0.1, -0.05) is 26.7 Å². The number of rotatable bonds is 15. The number of ether oxygens (including phenoxy) is 2. The molecule has 0 rings (SSSR count). The lowest BCUT2D eigenvalue weighted by Gasteiger charge is -2.20. The normalized spacial score (nSPS) is 13.5. The molecule has 0 bridgehead atoms. The van der Waals surface area contributed by atoms with Gasteiger partial charge < -0.3 is 20.1 Å². The lowest BCUT2D eigenvalue weighted by atomic mass is 10.2. The fourth-order valence-electron chi connectivity index (χ4n) is 2.14. The third-order valence-corrected chi connectivity index (χ3v) is 5.11. The number of nitrogens with one attached hydrogen (secondary N) is 2. The third-order valence-electron chi connectivity index (χ3n) is 4.01. The fraction of sp³-hybridized carbons (Fsp3) is 0.789. The lowest BCUT2D eigenvalue weighted by Crippen LogP contribution is -2.49. The van der Waals surface area contributed by atoms with Crippen LogP contribution in [0.3, 0.4) is 0 Å². The lowest BCUT2D eigenvalue weighted by molar-refractivity contribution is -0.176. The van der Waals surface area contributed by atoms with Crippen molar-refractivity contribution in [2.45, 2.75) is 70.4 Å². The van der Waals surface area contributed by atoms with E-state index < -0.39 is 53.9 Å². The first-order chi connectivity index (χ1) is 15.7. The summed E-state index contributed by atoms with van der Waals surface area (Å²) in [5, 5.41) is 3.03. The van der Waals surface area contributed by atoms with Crippen molar-refractivity contribution in [1.82, 2.24) is 10.6 Å². The molecule has 34 heavy (non-hydrogen) atoms. The van der Waals surface area contributed by atoms with Gasteiger partial charge >= 0.3 is 36.1 Å². The van der Waals surface area contributed by atoms with Crippen LogP contribution >= 0.6 is 11.8 Å². The van der Waals surface area contributed by atoms with Gasteiger partial charge in [-0.25, -0.2) is 9.59 Å². The maximum Gasteiger partial charge on any atom is 0.471 e. The van der Waals surface area contributed by atoms with E-state index in [0.717, 1.165) is 11.8 Å². The predicted octanol–water partition coefficient (Wildman–Crippen LogP) is 2.89. The average molecular weight is 526 g/mol. The standard InChI is InChI=1S/C19H28F6N2O6S/c1-3-5-8-32-14(28)12(26-16(30)18(20,21)22)7-10-34-11-13(15(29)33-9-6-4-2)27-17(31)19(23,24)25/h12-13H,3-11H2,1-2H3,(H,26,30)(H,27,31)/t12-,13?/m0/s1. The van der Waals surface area contributed by atoms with Crippen molar-refractivity contribution in [2.24, 2.45) is 0 Å². The summed E-state index contributed by atoms with van der Waals surface area (Å²) in [7, 11) is 0. The first-order valence-electron chi connectivity index (χ1n) is 10.4. The van der Waals surface area contributed by atoms with Crippen LogP contribution in [0.15, 0.2) is 0 Å². The molecule has 2 atom stereocenters. The molecular formula is C19H28F6N2O6S. The molecule has 0 aromatic rings. The highest BCUT2D eigenvalue weighted by Crippen LogP contribution is 2.18. The SMILES string of the molecule is CCCCOC(=O)C(CSCC[C@H](NC(=O)C(F)(F)F)C(=O)OCCCC)NC(=O)C(F)(F)F. The zero-order valence-electron chi connectivity index (χ0n) is 18.6. The van der Waals surface area contributed by atoms with Crippen molar-refractivity contribution in [2.75, 3.05) is 24.7 Å². The Kier molecular flexibility index (Phi) is 14.7. The molecule has 0 aliphatic rings. The molecule has 2 amide bonds. The summed E-state index contributed by atoms with van der Waals surface area (Å²) in [6.45, 7) is 3.42. The topological polar surface area (TPSA) is 111 Å². The van der Waals surface area contributed by atoms with Gasteiger partial charge in [0.2, 0.25) is 0 Å². The fourth-order valence-corrected chi connectivity index (χ4v) is 3.16. The van der Waals surface area contributed by atoms with E-state index in [2.05, 4.69) is 0 Å². The van der Waals surface area contributed by atoms with Crippen LogP contribution in [0.1, 0.15) is 46.0 Å².